The number of nitrogens with two attached hydrogens (primary N) is 2. The molecular weight excluding hydrogens is 268 g/mol. The SMILES string of the molecule is CCNC(=O)c1ccc(N)c(N2CCCCC2C(N)=O)c1. The average molecular weight is 290 g/mol. The van der Waals surface area contributed by atoms with Crippen molar-refractivity contribution in [3.63, 3.8) is 0 Å². The van der Waals surface area contributed by atoms with Crippen molar-refractivity contribution in [3.05, 3.63) is 23.8 Å². The van der Waals surface area contributed by atoms with E-state index in [-0.39, 0.29) is 17.9 Å². The predicted molar refractivity (Wildman–Crippen MR) is 83.0 cm³/mol. The largest absolute Gasteiger partial charge is 0.397 e. The monoisotopic (exact) mass is 290 g/mol. The molecule has 2 amide bonds. The number of benzene rings is 1. The van der Waals surface area contributed by atoms with E-state index in [1.165, 1.54) is 0 Å². The van der Waals surface area contributed by atoms with Gasteiger partial charge in [0.15, 0.2) is 0 Å². The first-order valence-electron chi connectivity index (χ1n) is 7.28. The summed E-state index contributed by atoms with van der Waals surface area (Å²) in [7, 11) is 0. The van der Waals surface area contributed by atoms with Gasteiger partial charge in [-0.1, -0.05) is 0 Å². The number of hydrogen-bond donors (Lipinski definition) is 3. The van der Waals surface area contributed by atoms with Crippen LogP contribution in [0.4, 0.5) is 11.4 Å². The molecule has 1 aliphatic rings. The summed E-state index contributed by atoms with van der Waals surface area (Å²) in [6.07, 6.45) is 2.68. The molecule has 1 fully saturated rings. The number of piperidine rings is 1. The summed E-state index contributed by atoms with van der Waals surface area (Å²) < 4.78 is 0. The Morgan fingerprint density at radius 2 is 2.14 bits per heavy atom. The van der Waals surface area contributed by atoms with Crippen LogP contribution in [0, 0.1) is 0 Å². The van der Waals surface area contributed by atoms with Gasteiger partial charge in [0.25, 0.3) is 5.91 Å². The molecule has 2 rings (SSSR count). The molecule has 21 heavy (non-hydrogen) atoms. The van der Waals surface area contributed by atoms with Crippen molar-refractivity contribution in [2.75, 3.05) is 23.7 Å². The van der Waals surface area contributed by atoms with Gasteiger partial charge in [0.05, 0.1) is 11.4 Å². The highest BCUT2D eigenvalue weighted by molar-refractivity contribution is 5.96. The zero-order valence-electron chi connectivity index (χ0n) is 12.3. The lowest BCUT2D eigenvalue weighted by Gasteiger charge is -2.36. The minimum absolute atomic E-state index is 0.147. The van der Waals surface area contributed by atoms with Crippen molar-refractivity contribution in [2.24, 2.45) is 5.73 Å². The van der Waals surface area contributed by atoms with E-state index in [0.717, 1.165) is 25.8 Å². The number of carbonyl (C=O) groups is 2. The van der Waals surface area contributed by atoms with Gasteiger partial charge in [-0.2, -0.15) is 0 Å². The van der Waals surface area contributed by atoms with E-state index in [9.17, 15) is 9.59 Å². The van der Waals surface area contributed by atoms with Crippen molar-refractivity contribution in [2.45, 2.75) is 32.2 Å². The maximum absolute atomic E-state index is 11.9. The van der Waals surface area contributed by atoms with E-state index in [0.29, 0.717) is 23.5 Å². The summed E-state index contributed by atoms with van der Waals surface area (Å²) in [5.41, 5.74) is 13.3. The summed E-state index contributed by atoms with van der Waals surface area (Å²) in [6.45, 7) is 3.15. The van der Waals surface area contributed by atoms with Crippen LogP contribution >= 0.6 is 0 Å². The summed E-state index contributed by atoms with van der Waals surface area (Å²) >= 11 is 0. The van der Waals surface area contributed by atoms with Crippen LogP contribution in [-0.2, 0) is 4.79 Å². The molecule has 6 heteroatoms. The molecule has 114 valence electrons. The van der Waals surface area contributed by atoms with Crippen LogP contribution in [0.25, 0.3) is 0 Å². The first-order valence-corrected chi connectivity index (χ1v) is 7.28. The van der Waals surface area contributed by atoms with E-state index < -0.39 is 0 Å². The van der Waals surface area contributed by atoms with Gasteiger partial charge in [-0.15, -0.1) is 0 Å². The predicted octanol–water partition coefficient (Wildman–Crippen LogP) is 0.863. The van der Waals surface area contributed by atoms with Crippen LogP contribution in [0.1, 0.15) is 36.5 Å². The van der Waals surface area contributed by atoms with Crippen LogP contribution in [0.2, 0.25) is 0 Å². The van der Waals surface area contributed by atoms with E-state index in [4.69, 9.17) is 11.5 Å². The smallest absolute Gasteiger partial charge is 0.251 e. The van der Waals surface area contributed by atoms with Crippen molar-refractivity contribution in [1.82, 2.24) is 5.32 Å². The van der Waals surface area contributed by atoms with Gasteiger partial charge in [-0.3, -0.25) is 9.59 Å². The number of carbonyl (C=O) groups excluding carboxylic acids is 2. The molecule has 0 saturated carbocycles. The van der Waals surface area contributed by atoms with Gasteiger partial charge in [0.1, 0.15) is 6.04 Å². The third-order valence-corrected chi connectivity index (χ3v) is 3.77. The molecule has 0 radical (unpaired) electrons. The molecule has 1 aliphatic heterocycles. The second-order valence-corrected chi connectivity index (χ2v) is 5.24. The van der Waals surface area contributed by atoms with Gasteiger partial charge in [-0.05, 0) is 44.4 Å². The van der Waals surface area contributed by atoms with Crippen LogP contribution in [0.3, 0.4) is 0 Å². The number of nitrogens with one attached hydrogen (secondary N) is 1. The summed E-state index contributed by atoms with van der Waals surface area (Å²) in [5, 5.41) is 2.76. The Morgan fingerprint density at radius 3 is 2.81 bits per heavy atom. The Kier molecular flexibility index (Phi) is 4.67. The van der Waals surface area contributed by atoms with E-state index >= 15 is 0 Å². The highest BCUT2D eigenvalue weighted by Gasteiger charge is 2.28. The molecule has 1 atom stereocenters. The second-order valence-electron chi connectivity index (χ2n) is 5.24. The van der Waals surface area contributed by atoms with Crippen LogP contribution in [0.15, 0.2) is 18.2 Å². The summed E-state index contributed by atoms with van der Waals surface area (Å²) in [6, 6.07) is 4.77. The van der Waals surface area contributed by atoms with Crippen LogP contribution in [0.5, 0.6) is 0 Å². The Morgan fingerprint density at radius 1 is 1.38 bits per heavy atom. The fourth-order valence-electron chi connectivity index (χ4n) is 2.71. The van der Waals surface area contributed by atoms with Crippen molar-refractivity contribution in [3.8, 4) is 0 Å². The highest BCUT2D eigenvalue weighted by atomic mass is 16.2. The lowest BCUT2D eigenvalue weighted by molar-refractivity contribution is -0.119. The summed E-state index contributed by atoms with van der Waals surface area (Å²) in [4.78, 5) is 25.5. The first kappa shape index (κ1) is 15.2. The second kappa shape index (κ2) is 6.47. The third-order valence-electron chi connectivity index (χ3n) is 3.77. The number of rotatable bonds is 4. The zero-order chi connectivity index (χ0) is 15.4. The lowest BCUT2D eigenvalue weighted by Crippen LogP contribution is -2.48. The third kappa shape index (κ3) is 3.26. The Hall–Kier alpha value is -2.24. The molecular formula is C15H22N4O2. The molecule has 1 heterocycles. The number of nitrogen functional groups attached to an aromatic ring is 1. The molecule has 0 spiro atoms. The normalized spacial score (nSPS) is 18.3. The molecule has 0 aromatic heterocycles. The Labute approximate surface area is 124 Å². The van der Waals surface area contributed by atoms with Gasteiger partial charge >= 0.3 is 0 Å². The number of nitrogens with zero attached hydrogens (tertiary/aromatic N) is 1. The molecule has 1 aromatic rings. The number of anilines is 2. The van der Waals surface area contributed by atoms with Crippen molar-refractivity contribution in [1.29, 1.82) is 0 Å². The minimum Gasteiger partial charge on any atom is -0.397 e. The number of amides is 2. The van der Waals surface area contributed by atoms with Gasteiger partial charge in [0.2, 0.25) is 5.91 Å². The average Bonchev–Trinajstić information content (AvgIpc) is 2.48. The van der Waals surface area contributed by atoms with Crippen LogP contribution < -0.4 is 21.7 Å². The number of hydrogen-bond acceptors (Lipinski definition) is 4. The quantitative estimate of drug-likeness (QED) is 0.716. The number of primary amides is 1. The fourth-order valence-corrected chi connectivity index (χ4v) is 2.71. The molecule has 1 aromatic carbocycles. The molecule has 5 N–H and O–H groups in total. The lowest BCUT2D eigenvalue weighted by atomic mass is 9.99. The zero-order valence-corrected chi connectivity index (χ0v) is 12.3. The molecule has 1 saturated heterocycles. The maximum atomic E-state index is 11.9. The van der Waals surface area contributed by atoms with Crippen molar-refractivity contribution < 1.29 is 9.59 Å². The first-order chi connectivity index (χ1) is 10.0. The minimum atomic E-state index is -0.356. The molecule has 0 bridgehead atoms. The van der Waals surface area contributed by atoms with Gasteiger partial charge < -0.3 is 21.7 Å². The van der Waals surface area contributed by atoms with Gasteiger partial charge in [0, 0.05) is 18.7 Å². The summed E-state index contributed by atoms with van der Waals surface area (Å²) in [5.74, 6) is -0.496. The van der Waals surface area contributed by atoms with E-state index in [1.807, 2.05) is 11.8 Å². The topological polar surface area (TPSA) is 101 Å². The van der Waals surface area contributed by atoms with Crippen molar-refractivity contribution >= 4 is 23.2 Å². The highest BCUT2D eigenvalue weighted by Crippen LogP contribution is 2.30. The van der Waals surface area contributed by atoms with E-state index in [2.05, 4.69) is 5.32 Å². The standard InChI is InChI=1S/C15H22N4O2/c1-2-18-15(21)10-6-7-11(16)13(9-10)19-8-4-3-5-12(19)14(17)20/h6-7,9,12H,2-5,8,16H2,1H3,(H2,17,20)(H,18,21). The Balaban J connectivity index is 2.34. The fraction of sp³-hybridized carbons (Fsp3) is 0.467. The Bertz CT molecular complexity index is 544. The maximum Gasteiger partial charge on any atom is 0.251 e. The molecule has 1 unspecified atom stereocenters. The van der Waals surface area contributed by atoms with E-state index in [1.54, 1.807) is 18.2 Å². The van der Waals surface area contributed by atoms with Gasteiger partial charge in [-0.25, -0.2) is 0 Å². The molecule has 0 aliphatic carbocycles. The van der Waals surface area contributed by atoms with Crippen LogP contribution in [-0.4, -0.2) is 30.9 Å². The molecule has 6 nitrogen and oxygen atoms in total.